The second-order valence-electron chi connectivity index (χ2n) is 10.4. The summed E-state index contributed by atoms with van der Waals surface area (Å²) in [7, 11) is 1.63. The van der Waals surface area contributed by atoms with Crippen molar-refractivity contribution in [3.63, 3.8) is 0 Å². The minimum absolute atomic E-state index is 0.0145. The fourth-order valence-corrected chi connectivity index (χ4v) is 5.81. The first kappa shape index (κ1) is 27.1. The van der Waals surface area contributed by atoms with Crippen LogP contribution in [0.25, 0.3) is 0 Å². The standard InChI is InChI=1S/C32H35N5O3/c1-34-20-23-19-25(17-18-26(23)33)37-29(30(38)35-24-15-9-4-10-16-24)31(39)36-28(32(37)40)27(21-11-5-2-6-12-21)22-13-7-3-8-14-22/h2-3,5-8,11-14,17-20,24,27-29H,4,9-10,15-16,33H2,1H3,(H,35,38)(H,36,39)/b34-20-. The lowest BCUT2D eigenvalue weighted by atomic mass is 9.82. The maximum absolute atomic E-state index is 14.5. The molecule has 2 unspecified atom stereocenters. The minimum Gasteiger partial charge on any atom is -0.398 e. The molecule has 0 bridgehead atoms. The van der Waals surface area contributed by atoms with Gasteiger partial charge in [0.2, 0.25) is 0 Å². The third-order valence-electron chi connectivity index (χ3n) is 7.78. The van der Waals surface area contributed by atoms with E-state index in [2.05, 4.69) is 15.6 Å². The lowest BCUT2D eigenvalue weighted by molar-refractivity contribution is -0.140. The molecule has 0 aromatic heterocycles. The fraction of sp³-hybridized carbons (Fsp3) is 0.312. The zero-order valence-electron chi connectivity index (χ0n) is 22.6. The van der Waals surface area contributed by atoms with Crippen LogP contribution in [0.1, 0.15) is 54.7 Å². The summed E-state index contributed by atoms with van der Waals surface area (Å²) in [5.41, 5.74) is 9.42. The molecule has 40 heavy (non-hydrogen) atoms. The summed E-state index contributed by atoms with van der Waals surface area (Å²) < 4.78 is 0. The van der Waals surface area contributed by atoms with Gasteiger partial charge in [0.1, 0.15) is 6.04 Å². The molecule has 1 heterocycles. The third kappa shape index (κ3) is 5.61. The van der Waals surface area contributed by atoms with Crippen LogP contribution in [0.2, 0.25) is 0 Å². The number of carbonyl (C=O) groups excluding carboxylic acids is 3. The van der Waals surface area contributed by atoms with Crippen LogP contribution in [-0.2, 0) is 14.4 Å². The number of hydrogen-bond acceptors (Lipinski definition) is 5. The Morgan fingerprint density at radius 2 is 1.60 bits per heavy atom. The van der Waals surface area contributed by atoms with Crippen molar-refractivity contribution in [3.05, 3.63) is 95.6 Å². The quantitative estimate of drug-likeness (QED) is 0.241. The molecule has 1 aliphatic heterocycles. The topological polar surface area (TPSA) is 117 Å². The van der Waals surface area contributed by atoms with E-state index in [1.54, 1.807) is 31.5 Å². The van der Waals surface area contributed by atoms with E-state index in [0.29, 0.717) is 16.9 Å². The van der Waals surface area contributed by atoms with E-state index < -0.39 is 29.8 Å². The molecule has 0 radical (unpaired) electrons. The van der Waals surface area contributed by atoms with Gasteiger partial charge in [-0.1, -0.05) is 79.9 Å². The number of rotatable bonds is 7. The molecule has 0 spiro atoms. The van der Waals surface area contributed by atoms with Gasteiger partial charge in [-0.15, -0.1) is 0 Å². The largest absolute Gasteiger partial charge is 0.398 e. The van der Waals surface area contributed by atoms with Crippen LogP contribution in [0.3, 0.4) is 0 Å². The van der Waals surface area contributed by atoms with Crippen LogP contribution in [-0.4, -0.2) is 49.1 Å². The van der Waals surface area contributed by atoms with E-state index in [1.165, 1.54) is 4.90 Å². The predicted molar refractivity (Wildman–Crippen MR) is 157 cm³/mol. The monoisotopic (exact) mass is 537 g/mol. The number of hydrogen-bond donors (Lipinski definition) is 3. The van der Waals surface area contributed by atoms with Crippen LogP contribution in [0.4, 0.5) is 11.4 Å². The molecular formula is C32H35N5O3. The van der Waals surface area contributed by atoms with E-state index in [1.807, 2.05) is 60.7 Å². The average molecular weight is 538 g/mol. The van der Waals surface area contributed by atoms with Crippen LogP contribution >= 0.6 is 0 Å². The van der Waals surface area contributed by atoms with Crippen molar-refractivity contribution < 1.29 is 14.4 Å². The van der Waals surface area contributed by atoms with Crippen molar-refractivity contribution in [2.24, 2.45) is 4.99 Å². The number of nitrogen functional groups attached to an aromatic ring is 1. The Morgan fingerprint density at radius 1 is 0.975 bits per heavy atom. The van der Waals surface area contributed by atoms with Gasteiger partial charge in [0, 0.05) is 42.2 Å². The summed E-state index contributed by atoms with van der Waals surface area (Å²) >= 11 is 0. The van der Waals surface area contributed by atoms with Crippen LogP contribution in [0.5, 0.6) is 0 Å². The van der Waals surface area contributed by atoms with E-state index in [4.69, 9.17) is 5.73 Å². The van der Waals surface area contributed by atoms with Gasteiger partial charge in [0.15, 0.2) is 6.04 Å². The van der Waals surface area contributed by atoms with E-state index >= 15 is 0 Å². The summed E-state index contributed by atoms with van der Waals surface area (Å²) in [6.45, 7) is 0. The molecule has 2 atom stereocenters. The molecule has 1 aliphatic carbocycles. The lowest BCUT2D eigenvalue weighted by Crippen LogP contribution is -2.69. The van der Waals surface area contributed by atoms with E-state index in [-0.39, 0.29) is 11.9 Å². The first-order chi connectivity index (χ1) is 19.5. The van der Waals surface area contributed by atoms with Gasteiger partial charge in [-0.25, -0.2) is 0 Å². The normalized spacial score (nSPS) is 20.1. The number of piperazine rings is 1. The highest BCUT2D eigenvalue weighted by molar-refractivity contribution is 6.19. The Kier molecular flexibility index (Phi) is 8.24. The lowest BCUT2D eigenvalue weighted by Gasteiger charge is -2.41. The average Bonchev–Trinajstić information content (AvgIpc) is 2.97. The second kappa shape index (κ2) is 12.2. The zero-order chi connectivity index (χ0) is 28.1. The molecule has 1 saturated heterocycles. The van der Waals surface area contributed by atoms with Crippen LogP contribution < -0.4 is 21.3 Å². The van der Waals surface area contributed by atoms with Crippen LogP contribution in [0.15, 0.2) is 83.9 Å². The van der Waals surface area contributed by atoms with Gasteiger partial charge in [-0.05, 0) is 42.2 Å². The first-order valence-electron chi connectivity index (χ1n) is 13.8. The number of nitrogens with one attached hydrogen (secondary N) is 2. The number of nitrogens with two attached hydrogens (primary N) is 1. The number of carbonyl (C=O) groups is 3. The molecule has 4 N–H and O–H groups in total. The highest BCUT2D eigenvalue weighted by atomic mass is 16.2. The molecule has 2 aliphatic rings. The molecule has 2 fully saturated rings. The molecule has 1 saturated carbocycles. The summed E-state index contributed by atoms with van der Waals surface area (Å²) in [6, 6.07) is 22.0. The summed E-state index contributed by atoms with van der Waals surface area (Å²) in [6.07, 6.45) is 6.51. The Bertz CT molecular complexity index is 1350. The van der Waals surface area contributed by atoms with Crippen molar-refractivity contribution in [1.82, 2.24) is 10.6 Å². The van der Waals surface area contributed by atoms with Crippen molar-refractivity contribution in [2.45, 2.75) is 56.1 Å². The minimum atomic E-state index is -1.35. The maximum Gasteiger partial charge on any atom is 0.253 e. The third-order valence-corrected chi connectivity index (χ3v) is 7.78. The summed E-state index contributed by atoms with van der Waals surface area (Å²) in [5.74, 6) is -1.83. The van der Waals surface area contributed by atoms with Crippen molar-refractivity contribution in [3.8, 4) is 0 Å². The predicted octanol–water partition coefficient (Wildman–Crippen LogP) is 3.80. The highest BCUT2D eigenvalue weighted by Crippen LogP contribution is 2.34. The van der Waals surface area contributed by atoms with Gasteiger partial charge in [-0.3, -0.25) is 24.3 Å². The number of aliphatic imine (C=N–C) groups is 1. The van der Waals surface area contributed by atoms with Gasteiger partial charge < -0.3 is 16.4 Å². The van der Waals surface area contributed by atoms with Gasteiger partial charge in [0.05, 0.1) is 0 Å². The van der Waals surface area contributed by atoms with Crippen molar-refractivity contribution >= 4 is 35.3 Å². The zero-order valence-corrected chi connectivity index (χ0v) is 22.6. The molecule has 3 aromatic carbocycles. The molecular weight excluding hydrogens is 502 g/mol. The molecule has 8 heteroatoms. The summed E-state index contributed by atoms with van der Waals surface area (Å²) in [4.78, 5) is 47.4. The maximum atomic E-state index is 14.5. The Hall–Kier alpha value is -4.46. The van der Waals surface area contributed by atoms with E-state index in [9.17, 15) is 14.4 Å². The second-order valence-corrected chi connectivity index (χ2v) is 10.4. The van der Waals surface area contributed by atoms with E-state index in [0.717, 1.165) is 43.2 Å². The molecule has 5 rings (SSSR count). The number of amides is 3. The van der Waals surface area contributed by atoms with Crippen molar-refractivity contribution in [2.75, 3.05) is 17.7 Å². The van der Waals surface area contributed by atoms with Crippen LogP contribution in [0, 0.1) is 0 Å². The Morgan fingerprint density at radius 3 is 2.20 bits per heavy atom. The fourth-order valence-electron chi connectivity index (χ4n) is 5.81. The SMILES string of the molecule is C/N=C\c1cc(N2C(=O)C(C(c3ccccc3)c3ccccc3)NC(=O)C2C(=O)NC2CCCCC2)ccc1N. The summed E-state index contributed by atoms with van der Waals surface area (Å²) in [5, 5.41) is 5.99. The molecule has 3 aromatic rings. The molecule has 8 nitrogen and oxygen atoms in total. The van der Waals surface area contributed by atoms with Gasteiger partial charge >= 0.3 is 0 Å². The number of nitrogens with zero attached hydrogens (tertiary/aromatic N) is 2. The number of benzene rings is 3. The van der Waals surface area contributed by atoms with Gasteiger partial charge in [0.25, 0.3) is 17.7 Å². The van der Waals surface area contributed by atoms with Crippen molar-refractivity contribution in [1.29, 1.82) is 0 Å². The molecule has 3 amide bonds. The van der Waals surface area contributed by atoms with Gasteiger partial charge in [-0.2, -0.15) is 0 Å². The molecule has 206 valence electrons. The smallest absolute Gasteiger partial charge is 0.253 e. The Labute approximate surface area is 234 Å². The first-order valence-corrected chi connectivity index (χ1v) is 13.8. The Balaban J connectivity index is 1.58. The number of anilines is 2. The highest BCUT2D eigenvalue weighted by Gasteiger charge is 2.48.